The number of nitrogens with zero attached hydrogens (tertiary/aromatic N) is 3. The van der Waals surface area contributed by atoms with E-state index in [0.29, 0.717) is 11.3 Å². The van der Waals surface area contributed by atoms with Crippen LogP contribution in [0.2, 0.25) is 0 Å². The maximum Gasteiger partial charge on any atom is 0.355 e. The number of carbonyl (C=O) groups excluding carboxylic acids is 4. The molecule has 1 saturated heterocycles. The maximum absolute atomic E-state index is 13.0. The number of amides is 2. The smallest absolute Gasteiger partial charge is 0.355 e. The van der Waals surface area contributed by atoms with Gasteiger partial charge >= 0.3 is 11.9 Å². The number of aromatic nitrogens is 1. The second-order valence-corrected chi connectivity index (χ2v) is 11.1. The first kappa shape index (κ1) is 27.7. The Morgan fingerprint density at radius 3 is 2.67 bits per heavy atom. The molecule has 1 N–H and O–H groups in total. The summed E-state index contributed by atoms with van der Waals surface area (Å²) in [6.45, 7) is 9.62. The highest BCUT2D eigenvalue weighted by molar-refractivity contribution is 8.00. The molecule has 2 atom stereocenters. The summed E-state index contributed by atoms with van der Waals surface area (Å²) < 4.78 is 10.3. The van der Waals surface area contributed by atoms with E-state index in [1.165, 1.54) is 33.5 Å². The largest absolute Gasteiger partial charge is 0.457 e. The van der Waals surface area contributed by atoms with Crippen molar-refractivity contribution < 1.29 is 33.5 Å². The third kappa shape index (κ3) is 6.65. The van der Waals surface area contributed by atoms with Crippen molar-refractivity contribution in [1.29, 1.82) is 0 Å². The molecule has 2 amide bonds. The number of hydrogen-bond donors (Lipinski definition) is 1. The van der Waals surface area contributed by atoms with Crippen LogP contribution in [-0.4, -0.2) is 75.3 Å². The second kappa shape index (κ2) is 11.4. The summed E-state index contributed by atoms with van der Waals surface area (Å²) in [6.07, 6.45) is 0. The first-order valence-electron chi connectivity index (χ1n) is 10.6. The summed E-state index contributed by atoms with van der Waals surface area (Å²) in [6, 6.07) is -0.920. The second-order valence-electron chi connectivity index (χ2n) is 8.76. The molecule has 0 aromatic carbocycles. The van der Waals surface area contributed by atoms with Crippen LogP contribution >= 0.6 is 34.7 Å². The Labute approximate surface area is 220 Å². The van der Waals surface area contributed by atoms with Crippen molar-refractivity contribution >= 4 is 64.2 Å². The Morgan fingerprint density at radius 1 is 1.33 bits per heavy atom. The molecular formula is C22H25ClN4O7S2. The molecule has 0 bridgehead atoms. The van der Waals surface area contributed by atoms with E-state index < -0.39 is 47.4 Å². The third-order valence-corrected chi connectivity index (χ3v) is 6.77. The number of thioether (sulfide) groups is 1. The zero-order valence-electron chi connectivity index (χ0n) is 20.0. The molecule has 3 heterocycles. The van der Waals surface area contributed by atoms with E-state index in [4.69, 9.17) is 25.9 Å². The summed E-state index contributed by atoms with van der Waals surface area (Å²) in [5.41, 5.74) is 1.59. The van der Waals surface area contributed by atoms with Crippen molar-refractivity contribution in [3.63, 3.8) is 0 Å². The molecule has 2 aliphatic rings. The molecule has 3 rings (SSSR count). The Hall–Kier alpha value is -2.90. The average Bonchev–Trinajstić information content (AvgIpc) is 3.31. The van der Waals surface area contributed by atoms with Gasteiger partial charge in [0.05, 0.1) is 5.51 Å². The molecular weight excluding hydrogens is 532 g/mol. The van der Waals surface area contributed by atoms with Crippen molar-refractivity contribution in [3.05, 3.63) is 39.5 Å². The van der Waals surface area contributed by atoms with Gasteiger partial charge in [-0.25, -0.2) is 14.6 Å². The van der Waals surface area contributed by atoms with Gasteiger partial charge in [0, 0.05) is 16.2 Å². The fourth-order valence-electron chi connectivity index (χ4n) is 3.24. The molecule has 1 unspecified atom stereocenters. The fraction of sp³-hybridized carbons (Fsp3) is 0.455. The molecule has 14 heteroatoms. The van der Waals surface area contributed by atoms with E-state index >= 15 is 0 Å². The van der Waals surface area contributed by atoms with Gasteiger partial charge in [0.2, 0.25) is 6.61 Å². The van der Waals surface area contributed by atoms with E-state index in [9.17, 15) is 19.2 Å². The van der Waals surface area contributed by atoms with Gasteiger partial charge in [0.15, 0.2) is 5.71 Å². The molecule has 36 heavy (non-hydrogen) atoms. The van der Waals surface area contributed by atoms with Gasteiger partial charge < -0.3 is 19.6 Å². The number of esters is 2. The first-order chi connectivity index (χ1) is 16.9. The number of oxime groups is 1. The molecule has 1 aromatic rings. The van der Waals surface area contributed by atoms with Crippen LogP contribution in [0.25, 0.3) is 0 Å². The summed E-state index contributed by atoms with van der Waals surface area (Å²) >= 11 is 8.29. The standard InChI is InChI=1S/C22H25ClN4O7S2/c1-11-8-36-20-16(19(30)27(20)17(11)21(31)32-6-12(2)23)25-18(29)15(13-9-35-10-24-13)26-33-7-14(28)34-22(3,4)5/h9-10,16,20H,2,6-8H2,1,3-5H3,(H,25,29)/t16?,20-/m0/s1. The normalized spacial score (nSPS) is 19.8. The molecule has 2 aliphatic heterocycles. The number of β-lactam (4-membered cyclic amide) rings is 1. The van der Waals surface area contributed by atoms with Crippen LogP contribution in [0.15, 0.2) is 38.9 Å². The lowest BCUT2D eigenvalue weighted by atomic mass is 10.0. The van der Waals surface area contributed by atoms with Crippen molar-refractivity contribution in [2.75, 3.05) is 19.0 Å². The van der Waals surface area contributed by atoms with Gasteiger partial charge in [-0.3, -0.25) is 14.5 Å². The minimum absolute atomic E-state index is 0.126. The van der Waals surface area contributed by atoms with E-state index in [1.54, 1.807) is 33.1 Å². The van der Waals surface area contributed by atoms with Gasteiger partial charge in [-0.05, 0) is 33.3 Å². The highest BCUT2D eigenvalue weighted by atomic mass is 35.5. The van der Waals surface area contributed by atoms with Crippen molar-refractivity contribution in [2.45, 2.75) is 44.7 Å². The number of nitrogens with one attached hydrogen (secondary N) is 1. The van der Waals surface area contributed by atoms with Gasteiger partial charge in [-0.1, -0.05) is 23.3 Å². The quantitative estimate of drug-likeness (QED) is 0.210. The van der Waals surface area contributed by atoms with Crippen LogP contribution in [0.4, 0.5) is 0 Å². The van der Waals surface area contributed by atoms with Crippen LogP contribution in [0.1, 0.15) is 33.4 Å². The zero-order chi connectivity index (χ0) is 26.6. The number of halogens is 1. The molecule has 11 nitrogen and oxygen atoms in total. The van der Waals surface area contributed by atoms with E-state index in [2.05, 4.69) is 22.0 Å². The first-order valence-corrected chi connectivity index (χ1v) is 13.0. The number of hydrogen-bond acceptors (Lipinski definition) is 11. The summed E-state index contributed by atoms with van der Waals surface area (Å²) in [4.78, 5) is 60.8. The SMILES string of the molecule is C=C(Cl)COC(=O)C1=C(C)CS[C@H]2C(NC(=O)C(=NOCC(=O)OC(C)(C)C)c3cscn3)C(=O)N12. The van der Waals surface area contributed by atoms with Crippen molar-refractivity contribution in [2.24, 2.45) is 5.16 Å². The van der Waals surface area contributed by atoms with Crippen LogP contribution in [-0.2, 0) is 33.5 Å². The van der Waals surface area contributed by atoms with Crippen molar-refractivity contribution in [1.82, 2.24) is 15.2 Å². The maximum atomic E-state index is 13.0. The van der Waals surface area contributed by atoms with Crippen LogP contribution in [0, 0.1) is 0 Å². The topological polar surface area (TPSA) is 136 Å². The predicted molar refractivity (Wildman–Crippen MR) is 134 cm³/mol. The Kier molecular flexibility index (Phi) is 8.80. The van der Waals surface area contributed by atoms with Crippen LogP contribution < -0.4 is 5.32 Å². The van der Waals surface area contributed by atoms with Gasteiger partial charge in [-0.15, -0.1) is 23.1 Å². The Balaban J connectivity index is 1.69. The minimum Gasteiger partial charge on any atom is -0.457 e. The molecule has 194 valence electrons. The molecule has 1 fully saturated rings. The van der Waals surface area contributed by atoms with E-state index in [1.807, 2.05) is 0 Å². The third-order valence-electron chi connectivity index (χ3n) is 4.65. The van der Waals surface area contributed by atoms with Crippen LogP contribution in [0.3, 0.4) is 0 Å². The summed E-state index contributed by atoms with van der Waals surface area (Å²) in [5, 5.41) is 7.61. The minimum atomic E-state index is -0.920. The average molecular weight is 557 g/mol. The monoisotopic (exact) mass is 556 g/mol. The highest BCUT2D eigenvalue weighted by Gasteiger charge is 2.54. The van der Waals surface area contributed by atoms with Crippen LogP contribution in [0.5, 0.6) is 0 Å². The van der Waals surface area contributed by atoms with Gasteiger partial charge in [-0.2, -0.15) is 0 Å². The van der Waals surface area contributed by atoms with Gasteiger partial charge in [0.1, 0.15) is 35.0 Å². The predicted octanol–water partition coefficient (Wildman–Crippen LogP) is 2.18. The van der Waals surface area contributed by atoms with Crippen molar-refractivity contribution in [3.8, 4) is 0 Å². The molecule has 1 aromatic heterocycles. The lowest BCUT2D eigenvalue weighted by molar-refractivity contribution is -0.160. The zero-order valence-corrected chi connectivity index (χ0v) is 22.4. The molecule has 0 spiro atoms. The molecule has 0 saturated carbocycles. The lowest BCUT2D eigenvalue weighted by Gasteiger charge is -2.49. The highest BCUT2D eigenvalue weighted by Crippen LogP contribution is 2.40. The summed E-state index contributed by atoms with van der Waals surface area (Å²) in [5.74, 6) is -2.11. The number of carbonyl (C=O) groups is 4. The van der Waals surface area contributed by atoms with E-state index in [-0.39, 0.29) is 28.7 Å². The Bertz CT molecular complexity index is 1130. The number of ether oxygens (including phenoxy) is 2. The number of rotatable bonds is 9. The number of fused-ring (bicyclic) bond motifs is 1. The summed E-state index contributed by atoms with van der Waals surface area (Å²) in [7, 11) is 0. The Morgan fingerprint density at radius 2 is 2.06 bits per heavy atom. The number of thiazole rings is 1. The van der Waals surface area contributed by atoms with E-state index in [0.717, 1.165) is 0 Å². The van der Waals surface area contributed by atoms with Gasteiger partial charge in [0.25, 0.3) is 11.8 Å². The lowest BCUT2D eigenvalue weighted by Crippen LogP contribution is -2.71. The molecule has 0 radical (unpaired) electrons. The fourth-order valence-corrected chi connectivity index (χ4v) is 5.12. The molecule has 0 aliphatic carbocycles.